The molecule has 1 amide bonds. The Hall–Kier alpha value is -5.76. The van der Waals surface area contributed by atoms with Crippen LogP contribution in [0.4, 0.5) is 0 Å². The predicted octanol–water partition coefficient (Wildman–Crippen LogP) is 8.33. The van der Waals surface area contributed by atoms with Crippen LogP contribution in [0.2, 0.25) is 0 Å². The summed E-state index contributed by atoms with van der Waals surface area (Å²) in [6.45, 7) is 11.0. The first-order valence-corrected chi connectivity index (χ1v) is 15.5. The first-order valence-electron chi connectivity index (χ1n) is 15.5. The van der Waals surface area contributed by atoms with E-state index in [0.717, 1.165) is 39.6 Å². The van der Waals surface area contributed by atoms with Crippen LogP contribution in [0.1, 0.15) is 55.8 Å². The van der Waals surface area contributed by atoms with Crippen molar-refractivity contribution in [2.75, 3.05) is 0 Å². The molecule has 0 fully saturated rings. The third-order valence-electron chi connectivity index (χ3n) is 8.09. The second kappa shape index (κ2) is 13.7. The average Bonchev–Trinajstić information content (AvgIpc) is 3.77. The van der Waals surface area contributed by atoms with Crippen LogP contribution in [0.15, 0.2) is 113 Å². The van der Waals surface area contributed by atoms with Crippen molar-refractivity contribution in [1.29, 1.82) is 0 Å². The fourth-order valence-corrected chi connectivity index (χ4v) is 5.57. The molecule has 238 valence electrons. The van der Waals surface area contributed by atoms with Gasteiger partial charge in [0.1, 0.15) is 30.5 Å². The number of furan rings is 1. The van der Waals surface area contributed by atoms with Gasteiger partial charge in [-0.3, -0.25) is 4.79 Å². The van der Waals surface area contributed by atoms with Gasteiger partial charge in [-0.2, -0.15) is 5.10 Å². The lowest BCUT2D eigenvalue weighted by atomic mass is 10.2. The van der Waals surface area contributed by atoms with Crippen LogP contribution in [0.5, 0.6) is 11.5 Å². The fraction of sp³-hybridized carbons (Fsp3) is 0.179. The van der Waals surface area contributed by atoms with Gasteiger partial charge >= 0.3 is 5.91 Å². The van der Waals surface area contributed by atoms with Crippen molar-refractivity contribution >= 4 is 12.1 Å². The number of amides is 1. The summed E-state index contributed by atoms with van der Waals surface area (Å²) in [5, 5.41) is 4.19. The zero-order valence-corrected chi connectivity index (χ0v) is 27.3. The van der Waals surface area contributed by atoms with Gasteiger partial charge in [0.15, 0.2) is 5.76 Å². The average molecular weight is 627 g/mol. The minimum absolute atomic E-state index is 0.157. The van der Waals surface area contributed by atoms with Gasteiger partial charge in [0.05, 0.1) is 6.21 Å². The molecule has 0 saturated heterocycles. The summed E-state index contributed by atoms with van der Waals surface area (Å²) in [7, 11) is 0. The molecule has 0 spiro atoms. The lowest BCUT2D eigenvalue weighted by molar-refractivity contribution is 0.0923. The van der Waals surface area contributed by atoms with Gasteiger partial charge < -0.3 is 23.0 Å². The zero-order chi connectivity index (χ0) is 32.9. The molecule has 0 aliphatic rings. The highest BCUT2D eigenvalue weighted by Crippen LogP contribution is 2.24. The summed E-state index contributed by atoms with van der Waals surface area (Å²) in [6, 6.07) is 33.8. The standard InChI is InChI=1S/C39H38N4O4/c1-26-6-10-31(11-7-26)24-45-35-18-14-34(15-19-35)43-29(4)22-32(30(43)5)23-40-41-39(44)38-21-20-37(47-38)25-46-36-16-12-33(13-17-36)42-27(2)8-9-28(42)3/h6-23H,24-25H2,1-5H3,(H,41,44)/b40-23+. The molecule has 0 atom stereocenters. The molecular formula is C39H38N4O4. The Morgan fingerprint density at radius 2 is 1.30 bits per heavy atom. The predicted molar refractivity (Wildman–Crippen MR) is 184 cm³/mol. The van der Waals surface area contributed by atoms with E-state index in [1.807, 2.05) is 68.4 Å². The largest absolute Gasteiger partial charge is 0.489 e. The Labute approximate surface area is 274 Å². The maximum Gasteiger partial charge on any atom is 0.307 e. The smallest absolute Gasteiger partial charge is 0.307 e. The van der Waals surface area contributed by atoms with Gasteiger partial charge in [-0.15, -0.1) is 0 Å². The van der Waals surface area contributed by atoms with Gasteiger partial charge in [0.25, 0.3) is 0 Å². The topological polar surface area (TPSA) is 82.9 Å². The Bertz CT molecular complexity index is 1990. The number of carbonyl (C=O) groups excluding carboxylic acids is 1. The molecule has 1 N–H and O–H groups in total. The molecule has 0 radical (unpaired) electrons. The quantitative estimate of drug-likeness (QED) is 0.116. The fourth-order valence-electron chi connectivity index (χ4n) is 5.57. The van der Waals surface area contributed by atoms with Gasteiger partial charge in [0, 0.05) is 39.7 Å². The number of nitrogens with zero attached hydrogens (tertiary/aromatic N) is 3. The van der Waals surface area contributed by atoms with Crippen molar-refractivity contribution in [1.82, 2.24) is 14.6 Å². The molecule has 3 heterocycles. The first kappa shape index (κ1) is 31.2. The van der Waals surface area contributed by atoms with E-state index in [0.29, 0.717) is 18.1 Å². The molecule has 0 aliphatic carbocycles. The van der Waals surface area contributed by atoms with Gasteiger partial charge in [0.2, 0.25) is 0 Å². The van der Waals surface area contributed by atoms with Crippen molar-refractivity contribution in [3.05, 3.63) is 154 Å². The van der Waals surface area contributed by atoms with Crippen molar-refractivity contribution < 1.29 is 18.7 Å². The summed E-state index contributed by atoms with van der Waals surface area (Å²) in [5.41, 5.74) is 12.3. The third kappa shape index (κ3) is 7.23. The highest BCUT2D eigenvalue weighted by molar-refractivity contribution is 5.92. The molecule has 0 aliphatic heterocycles. The lowest BCUT2D eigenvalue weighted by Crippen LogP contribution is -2.16. The van der Waals surface area contributed by atoms with Crippen LogP contribution in [0.25, 0.3) is 11.4 Å². The van der Waals surface area contributed by atoms with Crippen molar-refractivity contribution in [3.8, 4) is 22.9 Å². The number of nitrogens with one attached hydrogen (secondary N) is 1. The van der Waals surface area contributed by atoms with Crippen LogP contribution in [-0.4, -0.2) is 21.3 Å². The molecule has 0 bridgehead atoms. The van der Waals surface area contributed by atoms with Crippen LogP contribution >= 0.6 is 0 Å². The molecule has 0 saturated carbocycles. The van der Waals surface area contributed by atoms with E-state index < -0.39 is 5.91 Å². The monoisotopic (exact) mass is 626 g/mol. The Morgan fingerprint density at radius 1 is 0.702 bits per heavy atom. The van der Waals surface area contributed by atoms with Gasteiger partial charge in [-0.1, -0.05) is 29.8 Å². The molecule has 6 aromatic rings. The van der Waals surface area contributed by atoms with Crippen molar-refractivity contribution in [2.45, 2.75) is 47.8 Å². The first-order chi connectivity index (χ1) is 22.7. The molecule has 6 rings (SSSR count). The second-order valence-corrected chi connectivity index (χ2v) is 11.6. The van der Waals surface area contributed by atoms with E-state index in [-0.39, 0.29) is 12.4 Å². The van der Waals surface area contributed by atoms with Crippen molar-refractivity contribution in [2.24, 2.45) is 5.10 Å². The van der Waals surface area contributed by atoms with E-state index in [9.17, 15) is 4.79 Å². The molecular weight excluding hydrogens is 588 g/mol. The highest BCUT2D eigenvalue weighted by Gasteiger charge is 2.13. The number of benzene rings is 3. The lowest BCUT2D eigenvalue weighted by Gasteiger charge is -2.11. The number of rotatable bonds is 11. The number of hydrogen-bond acceptors (Lipinski definition) is 5. The summed E-state index contributed by atoms with van der Waals surface area (Å²) >= 11 is 0. The number of aryl methyl sites for hydroxylation is 4. The van der Waals surface area contributed by atoms with Crippen LogP contribution in [0.3, 0.4) is 0 Å². The van der Waals surface area contributed by atoms with Crippen LogP contribution in [0, 0.1) is 34.6 Å². The molecule has 47 heavy (non-hydrogen) atoms. The molecule has 8 nitrogen and oxygen atoms in total. The number of aromatic nitrogens is 2. The number of hydrogen-bond donors (Lipinski definition) is 1. The number of hydrazone groups is 1. The third-order valence-corrected chi connectivity index (χ3v) is 8.09. The SMILES string of the molecule is Cc1ccc(COc2ccc(-n3c(C)cc(/C=N/NC(=O)c4ccc(COc5ccc(-n6c(C)ccc6C)cc5)o4)c3C)cc2)cc1. The van der Waals surface area contributed by atoms with Crippen LogP contribution in [-0.2, 0) is 13.2 Å². The minimum Gasteiger partial charge on any atom is -0.489 e. The summed E-state index contributed by atoms with van der Waals surface area (Å²) in [5.74, 6) is 1.77. The Morgan fingerprint density at radius 3 is 1.94 bits per heavy atom. The maximum absolute atomic E-state index is 12.7. The number of carbonyl (C=O) groups is 1. The van der Waals surface area contributed by atoms with E-state index >= 15 is 0 Å². The van der Waals surface area contributed by atoms with E-state index in [4.69, 9.17) is 13.9 Å². The molecule has 3 aromatic carbocycles. The van der Waals surface area contributed by atoms with E-state index in [1.165, 1.54) is 17.0 Å². The van der Waals surface area contributed by atoms with Gasteiger partial charge in [-0.25, -0.2) is 5.43 Å². The van der Waals surface area contributed by atoms with E-state index in [2.05, 4.69) is 76.8 Å². The Kier molecular flexibility index (Phi) is 9.11. The summed E-state index contributed by atoms with van der Waals surface area (Å²) in [6.07, 6.45) is 1.64. The zero-order valence-electron chi connectivity index (χ0n) is 27.3. The Balaban J connectivity index is 1.02. The molecule has 3 aromatic heterocycles. The van der Waals surface area contributed by atoms with Gasteiger partial charge in [-0.05, 0) is 119 Å². The minimum atomic E-state index is -0.440. The summed E-state index contributed by atoms with van der Waals surface area (Å²) < 4.78 is 21.9. The molecule has 8 heteroatoms. The number of ether oxygens (including phenoxy) is 2. The van der Waals surface area contributed by atoms with Crippen LogP contribution < -0.4 is 14.9 Å². The second-order valence-electron chi connectivity index (χ2n) is 11.6. The highest BCUT2D eigenvalue weighted by atomic mass is 16.5. The molecule has 0 unspecified atom stereocenters. The normalized spacial score (nSPS) is 11.3. The van der Waals surface area contributed by atoms with E-state index in [1.54, 1.807) is 18.3 Å². The maximum atomic E-state index is 12.7. The summed E-state index contributed by atoms with van der Waals surface area (Å²) in [4.78, 5) is 12.7. The van der Waals surface area contributed by atoms with Crippen molar-refractivity contribution in [3.63, 3.8) is 0 Å².